The standard InChI is InChI=1S/C7H6Cl2O3S/c1-4-2-3-5(8)7(6(4)10)13(9,11)12/h2-3,10H,1H3. The third-order valence-electron chi connectivity index (χ3n) is 1.53. The van der Waals surface area contributed by atoms with Gasteiger partial charge in [-0.1, -0.05) is 17.7 Å². The Balaban J connectivity index is 3.62. The second kappa shape index (κ2) is 3.36. The summed E-state index contributed by atoms with van der Waals surface area (Å²) in [5.74, 6) is -0.400. The fourth-order valence-electron chi connectivity index (χ4n) is 0.877. The monoisotopic (exact) mass is 240 g/mol. The van der Waals surface area contributed by atoms with Gasteiger partial charge in [0.1, 0.15) is 10.6 Å². The number of benzene rings is 1. The van der Waals surface area contributed by atoms with Crippen LogP contribution in [0.4, 0.5) is 0 Å². The highest BCUT2D eigenvalue weighted by Gasteiger charge is 2.20. The Kier molecular flexibility index (Phi) is 2.75. The number of hydrogen-bond acceptors (Lipinski definition) is 3. The van der Waals surface area contributed by atoms with Crippen LogP contribution in [0.2, 0.25) is 5.02 Å². The Labute approximate surface area is 85.3 Å². The predicted octanol–water partition coefficient (Wildman–Crippen LogP) is 2.28. The molecule has 1 N–H and O–H groups in total. The topological polar surface area (TPSA) is 54.4 Å². The molecule has 6 heteroatoms. The Bertz CT molecular complexity index is 439. The number of phenols is 1. The van der Waals surface area contributed by atoms with Crippen molar-refractivity contribution in [1.82, 2.24) is 0 Å². The minimum Gasteiger partial charge on any atom is -0.506 e. The van der Waals surface area contributed by atoms with Crippen LogP contribution in [0.3, 0.4) is 0 Å². The van der Waals surface area contributed by atoms with Crippen molar-refractivity contribution in [3.8, 4) is 5.75 Å². The average molecular weight is 241 g/mol. The van der Waals surface area contributed by atoms with Gasteiger partial charge in [0.25, 0.3) is 9.05 Å². The van der Waals surface area contributed by atoms with Gasteiger partial charge in [0.15, 0.2) is 0 Å². The van der Waals surface area contributed by atoms with Gasteiger partial charge >= 0.3 is 0 Å². The van der Waals surface area contributed by atoms with Gasteiger partial charge in [0, 0.05) is 10.7 Å². The third kappa shape index (κ3) is 2.07. The van der Waals surface area contributed by atoms with E-state index in [2.05, 4.69) is 0 Å². The quantitative estimate of drug-likeness (QED) is 0.767. The third-order valence-corrected chi connectivity index (χ3v) is 3.32. The minimum atomic E-state index is -4.00. The Morgan fingerprint density at radius 1 is 1.38 bits per heavy atom. The molecule has 0 saturated carbocycles. The zero-order valence-electron chi connectivity index (χ0n) is 6.58. The average Bonchev–Trinajstić information content (AvgIpc) is 1.95. The van der Waals surface area contributed by atoms with Crippen LogP contribution in [0.25, 0.3) is 0 Å². The molecule has 1 rings (SSSR count). The number of aryl methyl sites for hydroxylation is 1. The molecule has 0 unspecified atom stereocenters. The normalized spacial score (nSPS) is 11.6. The van der Waals surface area contributed by atoms with Crippen molar-refractivity contribution in [3.63, 3.8) is 0 Å². The lowest BCUT2D eigenvalue weighted by Crippen LogP contribution is -1.94. The fraction of sp³-hybridized carbons (Fsp3) is 0.143. The highest BCUT2D eigenvalue weighted by molar-refractivity contribution is 8.14. The Morgan fingerprint density at radius 3 is 2.31 bits per heavy atom. The largest absolute Gasteiger partial charge is 0.506 e. The summed E-state index contributed by atoms with van der Waals surface area (Å²) in [5, 5.41) is 9.28. The van der Waals surface area contributed by atoms with Gasteiger partial charge in [0.2, 0.25) is 0 Å². The SMILES string of the molecule is Cc1ccc(Cl)c(S(=O)(=O)Cl)c1O. The first-order valence-corrected chi connectivity index (χ1v) is 5.95. The van der Waals surface area contributed by atoms with Crippen molar-refractivity contribution < 1.29 is 13.5 Å². The van der Waals surface area contributed by atoms with Crippen LogP contribution in [0.5, 0.6) is 5.75 Å². The predicted molar refractivity (Wildman–Crippen MR) is 50.9 cm³/mol. The number of phenolic OH excluding ortho intramolecular Hbond substituents is 1. The first kappa shape index (κ1) is 10.6. The van der Waals surface area contributed by atoms with E-state index in [1.54, 1.807) is 6.92 Å². The van der Waals surface area contributed by atoms with E-state index in [1.165, 1.54) is 12.1 Å². The Hall–Kier alpha value is -0.450. The second-order valence-corrected chi connectivity index (χ2v) is 5.39. The van der Waals surface area contributed by atoms with Crippen molar-refractivity contribution in [3.05, 3.63) is 22.7 Å². The van der Waals surface area contributed by atoms with Gasteiger partial charge in [-0.25, -0.2) is 8.42 Å². The molecule has 0 heterocycles. The van der Waals surface area contributed by atoms with Crippen LogP contribution in [0.15, 0.2) is 17.0 Å². The van der Waals surface area contributed by atoms with Gasteiger partial charge in [-0.3, -0.25) is 0 Å². The summed E-state index contributed by atoms with van der Waals surface area (Å²) in [4.78, 5) is -0.434. The van der Waals surface area contributed by atoms with Gasteiger partial charge in [-0.15, -0.1) is 0 Å². The van der Waals surface area contributed by atoms with Crippen LogP contribution < -0.4 is 0 Å². The molecule has 0 bridgehead atoms. The van der Waals surface area contributed by atoms with Crippen molar-refractivity contribution in [2.45, 2.75) is 11.8 Å². The molecule has 0 aromatic heterocycles. The Morgan fingerprint density at radius 2 is 1.92 bits per heavy atom. The summed E-state index contributed by atoms with van der Waals surface area (Å²) in [6, 6.07) is 2.87. The summed E-state index contributed by atoms with van der Waals surface area (Å²) < 4.78 is 21.9. The summed E-state index contributed by atoms with van der Waals surface area (Å²) in [7, 11) is 1.07. The van der Waals surface area contributed by atoms with Gasteiger partial charge in [0.05, 0.1) is 5.02 Å². The highest BCUT2D eigenvalue weighted by Crippen LogP contribution is 2.35. The van der Waals surface area contributed by atoms with Crippen LogP contribution >= 0.6 is 22.3 Å². The molecule has 0 saturated heterocycles. The van der Waals surface area contributed by atoms with E-state index in [-0.39, 0.29) is 5.02 Å². The van der Waals surface area contributed by atoms with Gasteiger partial charge < -0.3 is 5.11 Å². The van der Waals surface area contributed by atoms with Crippen molar-refractivity contribution in [1.29, 1.82) is 0 Å². The first-order chi connectivity index (χ1) is 5.84. The molecule has 0 amide bonds. The number of aromatic hydroxyl groups is 1. The zero-order chi connectivity index (χ0) is 10.2. The lowest BCUT2D eigenvalue weighted by molar-refractivity contribution is 0.455. The fourth-order valence-corrected chi connectivity index (χ4v) is 2.61. The lowest BCUT2D eigenvalue weighted by atomic mass is 10.2. The first-order valence-electron chi connectivity index (χ1n) is 3.27. The van der Waals surface area contributed by atoms with E-state index in [1.807, 2.05) is 0 Å². The molecule has 0 aliphatic carbocycles. The maximum absolute atomic E-state index is 10.9. The lowest BCUT2D eigenvalue weighted by Gasteiger charge is -2.05. The molecule has 0 spiro atoms. The maximum atomic E-state index is 10.9. The molecular weight excluding hydrogens is 235 g/mol. The van der Waals surface area contributed by atoms with Crippen LogP contribution in [-0.4, -0.2) is 13.5 Å². The maximum Gasteiger partial charge on any atom is 0.266 e. The minimum absolute atomic E-state index is 0.0851. The molecule has 0 fully saturated rings. The number of rotatable bonds is 1. The van der Waals surface area contributed by atoms with E-state index < -0.39 is 19.7 Å². The van der Waals surface area contributed by atoms with Gasteiger partial charge in [-0.05, 0) is 18.6 Å². The zero-order valence-corrected chi connectivity index (χ0v) is 8.91. The van der Waals surface area contributed by atoms with Gasteiger partial charge in [-0.2, -0.15) is 0 Å². The summed E-state index contributed by atoms with van der Waals surface area (Å²) in [6.45, 7) is 1.55. The molecule has 72 valence electrons. The van der Waals surface area contributed by atoms with E-state index in [9.17, 15) is 13.5 Å². The molecule has 0 radical (unpaired) electrons. The highest BCUT2D eigenvalue weighted by atomic mass is 35.7. The molecular formula is C7H6Cl2O3S. The van der Waals surface area contributed by atoms with Crippen molar-refractivity contribution >= 4 is 31.3 Å². The molecule has 1 aromatic carbocycles. The number of hydrogen-bond donors (Lipinski definition) is 1. The van der Waals surface area contributed by atoms with Crippen LogP contribution in [0.1, 0.15) is 5.56 Å². The van der Waals surface area contributed by atoms with Crippen LogP contribution in [-0.2, 0) is 9.05 Å². The second-order valence-electron chi connectivity index (χ2n) is 2.48. The summed E-state index contributed by atoms with van der Waals surface area (Å²) in [6.07, 6.45) is 0. The summed E-state index contributed by atoms with van der Waals surface area (Å²) >= 11 is 5.56. The molecule has 3 nitrogen and oxygen atoms in total. The molecule has 0 atom stereocenters. The summed E-state index contributed by atoms with van der Waals surface area (Å²) in [5.41, 5.74) is 0.406. The van der Waals surface area contributed by atoms with Crippen LogP contribution in [0, 0.1) is 6.92 Å². The van der Waals surface area contributed by atoms with Crippen molar-refractivity contribution in [2.75, 3.05) is 0 Å². The van der Waals surface area contributed by atoms with Crippen molar-refractivity contribution in [2.24, 2.45) is 0 Å². The number of halogens is 2. The van der Waals surface area contributed by atoms with E-state index >= 15 is 0 Å². The smallest absolute Gasteiger partial charge is 0.266 e. The molecule has 13 heavy (non-hydrogen) atoms. The molecule has 0 aliphatic rings. The van der Waals surface area contributed by atoms with E-state index in [0.717, 1.165) is 0 Å². The van der Waals surface area contributed by atoms with E-state index in [4.69, 9.17) is 22.3 Å². The van der Waals surface area contributed by atoms with E-state index in [0.29, 0.717) is 5.56 Å². The molecule has 0 aliphatic heterocycles. The molecule has 1 aromatic rings.